The van der Waals surface area contributed by atoms with E-state index in [0.29, 0.717) is 12.5 Å². The molecule has 56 valence electrons. The average Bonchev–Trinajstić information content (AvgIpc) is 2.06. The SMILES string of the molecule is ON1C=CC=C2C=NCN=C21. The van der Waals surface area contributed by atoms with Crippen LogP contribution in [0, 0.1) is 0 Å². The summed E-state index contributed by atoms with van der Waals surface area (Å²) in [5.41, 5.74) is 0.848. The van der Waals surface area contributed by atoms with Crippen molar-refractivity contribution < 1.29 is 5.21 Å². The summed E-state index contributed by atoms with van der Waals surface area (Å²) in [5.74, 6) is 0.572. The summed E-state index contributed by atoms with van der Waals surface area (Å²) >= 11 is 0. The largest absolute Gasteiger partial charge is 0.283 e. The summed E-state index contributed by atoms with van der Waals surface area (Å²) in [5, 5.41) is 10.2. The van der Waals surface area contributed by atoms with Gasteiger partial charge in [0.25, 0.3) is 0 Å². The smallest absolute Gasteiger partial charge is 0.163 e. The van der Waals surface area contributed by atoms with Gasteiger partial charge >= 0.3 is 0 Å². The highest BCUT2D eigenvalue weighted by Gasteiger charge is 2.14. The molecule has 0 bridgehead atoms. The van der Waals surface area contributed by atoms with Crippen LogP contribution in [0.4, 0.5) is 0 Å². The van der Waals surface area contributed by atoms with Gasteiger partial charge in [-0.2, -0.15) is 0 Å². The lowest BCUT2D eigenvalue weighted by atomic mass is 10.2. The number of nitrogens with zero attached hydrogens (tertiary/aromatic N) is 3. The van der Waals surface area contributed by atoms with E-state index in [1.807, 2.05) is 6.08 Å². The van der Waals surface area contributed by atoms with Crippen LogP contribution >= 0.6 is 0 Å². The molecule has 0 saturated heterocycles. The minimum absolute atomic E-state index is 0.400. The lowest BCUT2D eigenvalue weighted by molar-refractivity contribution is 0.0374. The van der Waals surface area contributed by atoms with Gasteiger partial charge in [0.05, 0.1) is 0 Å². The van der Waals surface area contributed by atoms with Crippen molar-refractivity contribution in [2.24, 2.45) is 9.98 Å². The number of amidine groups is 1. The lowest BCUT2D eigenvalue weighted by Crippen LogP contribution is -2.28. The van der Waals surface area contributed by atoms with Gasteiger partial charge < -0.3 is 0 Å². The van der Waals surface area contributed by atoms with E-state index in [1.165, 1.54) is 0 Å². The molecule has 0 aromatic rings. The summed E-state index contributed by atoms with van der Waals surface area (Å²) in [6, 6.07) is 0. The van der Waals surface area contributed by atoms with Gasteiger partial charge in [-0.25, -0.2) is 10.1 Å². The molecule has 0 saturated carbocycles. The fraction of sp³-hybridized carbons (Fsp3) is 0.143. The van der Waals surface area contributed by atoms with Crippen molar-refractivity contribution in [2.75, 3.05) is 6.67 Å². The molecule has 4 heteroatoms. The van der Waals surface area contributed by atoms with Gasteiger partial charge in [-0.3, -0.25) is 10.2 Å². The number of rotatable bonds is 0. The molecule has 0 radical (unpaired) electrons. The summed E-state index contributed by atoms with van der Waals surface area (Å²) < 4.78 is 0. The monoisotopic (exact) mass is 149 g/mol. The first-order valence-electron chi connectivity index (χ1n) is 3.29. The Labute approximate surface area is 63.8 Å². The Morgan fingerprint density at radius 1 is 1.55 bits per heavy atom. The standard InChI is InChI=1S/C7H7N3O/c11-10-3-1-2-6-4-8-5-9-7(6)10/h1-4,11H,5H2. The molecule has 2 aliphatic heterocycles. The molecule has 0 amide bonds. The second kappa shape index (κ2) is 2.32. The fourth-order valence-electron chi connectivity index (χ4n) is 1.02. The van der Waals surface area contributed by atoms with Gasteiger partial charge in [-0.05, 0) is 12.2 Å². The number of hydrogen-bond donors (Lipinski definition) is 1. The second-order valence-electron chi connectivity index (χ2n) is 2.24. The topological polar surface area (TPSA) is 48.2 Å². The second-order valence-corrected chi connectivity index (χ2v) is 2.24. The first-order chi connectivity index (χ1) is 5.38. The zero-order valence-electron chi connectivity index (χ0n) is 5.81. The maximum atomic E-state index is 9.22. The first-order valence-corrected chi connectivity index (χ1v) is 3.29. The van der Waals surface area contributed by atoms with Crippen LogP contribution in [0.3, 0.4) is 0 Å². The van der Waals surface area contributed by atoms with Crippen molar-refractivity contribution in [3.8, 4) is 0 Å². The third-order valence-electron chi connectivity index (χ3n) is 1.51. The van der Waals surface area contributed by atoms with Crippen molar-refractivity contribution in [1.82, 2.24) is 5.06 Å². The fourth-order valence-corrected chi connectivity index (χ4v) is 1.02. The van der Waals surface area contributed by atoms with Crippen LogP contribution < -0.4 is 0 Å². The van der Waals surface area contributed by atoms with E-state index in [0.717, 1.165) is 10.6 Å². The van der Waals surface area contributed by atoms with E-state index in [4.69, 9.17) is 0 Å². The van der Waals surface area contributed by atoms with Crippen LogP contribution in [-0.2, 0) is 0 Å². The molecule has 2 heterocycles. The number of allylic oxidation sites excluding steroid dienone is 2. The molecule has 0 aromatic heterocycles. The van der Waals surface area contributed by atoms with E-state index in [-0.39, 0.29) is 0 Å². The van der Waals surface area contributed by atoms with Crippen LogP contribution in [0.5, 0.6) is 0 Å². The van der Waals surface area contributed by atoms with Gasteiger partial charge in [-0.1, -0.05) is 0 Å². The number of fused-ring (bicyclic) bond motifs is 1. The highest BCUT2D eigenvalue weighted by molar-refractivity contribution is 6.16. The Kier molecular flexibility index (Phi) is 1.33. The van der Waals surface area contributed by atoms with Crippen LogP contribution in [0.1, 0.15) is 0 Å². The maximum absolute atomic E-state index is 9.22. The summed E-state index contributed by atoms with van der Waals surface area (Å²) in [6.45, 7) is 0.400. The zero-order chi connectivity index (χ0) is 7.68. The van der Waals surface area contributed by atoms with Crippen LogP contribution in [0.15, 0.2) is 33.9 Å². The maximum Gasteiger partial charge on any atom is 0.163 e. The molecule has 0 fully saturated rings. The minimum Gasteiger partial charge on any atom is -0.283 e. The first kappa shape index (κ1) is 6.30. The van der Waals surface area contributed by atoms with E-state index in [9.17, 15) is 5.21 Å². The third kappa shape index (κ3) is 0.969. The Hall–Kier alpha value is -1.42. The van der Waals surface area contributed by atoms with Crippen molar-refractivity contribution >= 4 is 12.1 Å². The molecule has 2 aliphatic rings. The summed E-state index contributed by atoms with van der Waals surface area (Å²) in [6.07, 6.45) is 6.84. The van der Waals surface area contributed by atoms with E-state index in [2.05, 4.69) is 9.98 Å². The third-order valence-corrected chi connectivity index (χ3v) is 1.51. The van der Waals surface area contributed by atoms with Gasteiger partial charge in [0.1, 0.15) is 6.67 Å². The molecule has 0 atom stereocenters. The van der Waals surface area contributed by atoms with Crippen LogP contribution in [-0.4, -0.2) is 29.0 Å². The Morgan fingerprint density at radius 3 is 3.27 bits per heavy atom. The molecule has 2 rings (SSSR count). The van der Waals surface area contributed by atoms with Gasteiger partial charge in [-0.15, -0.1) is 0 Å². The minimum atomic E-state index is 0.400. The number of aliphatic imine (C=N–C) groups is 2. The normalized spacial score (nSPS) is 21.0. The average molecular weight is 149 g/mol. The number of hydrogen-bond acceptors (Lipinski definition) is 4. The predicted octanol–water partition coefficient (Wildman–Crippen LogP) is 0.572. The molecule has 0 unspecified atom stereocenters. The van der Waals surface area contributed by atoms with Gasteiger partial charge in [0.15, 0.2) is 5.84 Å². The van der Waals surface area contributed by atoms with Crippen molar-refractivity contribution in [1.29, 1.82) is 0 Å². The van der Waals surface area contributed by atoms with E-state index in [1.54, 1.807) is 18.5 Å². The van der Waals surface area contributed by atoms with Gasteiger partial charge in [0.2, 0.25) is 0 Å². The molecular formula is C7H7N3O. The molecule has 0 aromatic carbocycles. The van der Waals surface area contributed by atoms with Crippen molar-refractivity contribution in [2.45, 2.75) is 0 Å². The highest BCUT2D eigenvalue weighted by atomic mass is 16.5. The van der Waals surface area contributed by atoms with E-state index >= 15 is 0 Å². The summed E-state index contributed by atoms with van der Waals surface area (Å²) in [7, 11) is 0. The Balaban J connectivity index is 2.40. The lowest BCUT2D eigenvalue weighted by Gasteiger charge is -2.19. The number of hydroxylamine groups is 2. The van der Waals surface area contributed by atoms with E-state index < -0.39 is 0 Å². The van der Waals surface area contributed by atoms with Gasteiger partial charge in [0, 0.05) is 18.0 Å². The Bertz CT molecular complexity index is 288. The molecule has 11 heavy (non-hydrogen) atoms. The molecule has 1 N–H and O–H groups in total. The molecule has 0 spiro atoms. The quantitative estimate of drug-likeness (QED) is 0.547. The molecular weight excluding hydrogens is 142 g/mol. The molecule has 4 nitrogen and oxygen atoms in total. The van der Waals surface area contributed by atoms with Crippen LogP contribution in [0.2, 0.25) is 0 Å². The van der Waals surface area contributed by atoms with Crippen LogP contribution in [0.25, 0.3) is 0 Å². The summed E-state index contributed by atoms with van der Waals surface area (Å²) in [4.78, 5) is 7.95. The molecule has 0 aliphatic carbocycles. The highest BCUT2D eigenvalue weighted by Crippen LogP contribution is 2.09. The van der Waals surface area contributed by atoms with Crippen molar-refractivity contribution in [3.05, 3.63) is 23.9 Å². The zero-order valence-corrected chi connectivity index (χ0v) is 5.81. The predicted molar refractivity (Wildman–Crippen MR) is 41.6 cm³/mol. The van der Waals surface area contributed by atoms with Crippen molar-refractivity contribution in [3.63, 3.8) is 0 Å². The Morgan fingerprint density at radius 2 is 2.45 bits per heavy atom.